The summed E-state index contributed by atoms with van der Waals surface area (Å²) in [6, 6.07) is 11.0. The van der Waals surface area contributed by atoms with Gasteiger partial charge in [-0.1, -0.05) is 23.7 Å². The predicted molar refractivity (Wildman–Crippen MR) is 122 cm³/mol. The van der Waals surface area contributed by atoms with E-state index in [0.717, 1.165) is 17.6 Å². The SMILES string of the molecule is Cc1ccc(OCCNC(=O)CCCN(c2cccc(Cl)c2C)S(C)(=O)=O)cc1C. The summed E-state index contributed by atoms with van der Waals surface area (Å²) in [7, 11) is -3.49. The van der Waals surface area contributed by atoms with Crippen LogP contribution < -0.4 is 14.4 Å². The first-order valence-electron chi connectivity index (χ1n) is 9.79. The van der Waals surface area contributed by atoms with Gasteiger partial charge in [0.2, 0.25) is 15.9 Å². The van der Waals surface area contributed by atoms with Crippen molar-refractivity contribution in [2.45, 2.75) is 33.6 Å². The molecular weight excluding hydrogens is 424 g/mol. The second-order valence-corrected chi connectivity index (χ2v) is 9.58. The number of hydrogen-bond acceptors (Lipinski definition) is 4. The first kappa shape index (κ1) is 24.0. The fraction of sp³-hybridized carbons (Fsp3) is 0.409. The van der Waals surface area contributed by atoms with Crippen LogP contribution in [0.1, 0.15) is 29.5 Å². The van der Waals surface area contributed by atoms with E-state index >= 15 is 0 Å². The van der Waals surface area contributed by atoms with Crippen LogP contribution in [0.3, 0.4) is 0 Å². The molecule has 0 atom stereocenters. The van der Waals surface area contributed by atoms with Crippen LogP contribution in [0, 0.1) is 20.8 Å². The third-order valence-electron chi connectivity index (χ3n) is 4.84. The minimum atomic E-state index is -3.49. The number of benzene rings is 2. The Morgan fingerprint density at radius 1 is 1.13 bits per heavy atom. The summed E-state index contributed by atoms with van der Waals surface area (Å²) >= 11 is 6.13. The minimum absolute atomic E-state index is 0.144. The zero-order valence-electron chi connectivity index (χ0n) is 17.9. The minimum Gasteiger partial charge on any atom is -0.492 e. The highest BCUT2D eigenvalue weighted by molar-refractivity contribution is 7.92. The Hall–Kier alpha value is -2.25. The van der Waals surface area contributed by atoms with Crippen LogP contribution in [0.4, 0.5) is 5.69 Å². The van der Waals surface area contributed by atoms with Gasteiger partial charge in [-0.3, -0.25) is 9.10 Å². The Morgan fingerprint density at radius 2 is 1.87 bits per heavy atom. The van der Waals surface area contributed by atoms with E-state index in [1.807, 2.05) is 32.0 Å². The fourth-order valence-electron chi connectivity index (χ4n) is 2.97. The fourth-order valence-corrected chi connectivity index (χ4v) is 4.15. The summed E-state index contributed by atoms with van der Waals surface area (Å²) in [4.78, 5) is 12.1. The molecule has 0 spiro atoms. The number of sulfonamides is 1. The van der Waals surface area contributed by atoms with Crippen molar-refractivity contribution in [1.29, 1.82) is 0 Å². The zero-order chi connectivity index (χ0) is 22.3. The van der Waals surface area contributed by atoms with Crippen molar-refractivity contribution in [3.05, 3.63) is 58.1 Å². The van der Waals surface area contributed by atoms with Gasteiger partial charge < -0.3 is 10.1 Å². The molecule has 2 aromatic rings. The molecule has 0 radical (unpaired) electrons. The zero-order valence-corrected chi connectivity index (χ0v) is 19.4. The summed E-state index contributed by atoms with van der Waals surface area (Å²) < 4.78 is 31.4. The lowest BCUT2D eigenvalue weighted by Crippen LogP contribution is -2.33. The topological polar surface area (TPSA) is 75.7 Å². The average Bonchev–Trinajstić information content (AvgIpc) is 2.67. The number of aryl methyl sites for hydroxylation is 2. The van der Waals surface area contributed by atoms with E-state index < -0.39 is 10.0 Å². The molecule has 0 bridgehead atoms. The van der Waals surface area contributed by atoms with E-state index in [1.54, 1.807) is 25.1 Å². The van der Waals surface area contributed by atoms with Crippen molar-refractivity contribution in [1.82, 2.24) is 5.32 Å². The molecule has 0 aliphatic heterocycles. The van der Waals surface area contributed by atoms with E-state index in [2.05, 4.69) is 5.32 Å². The van der Waals surface area contributed by atoms with Crippen molar-refractivity contribution < 1.29 is 17.9 Å². The van der Waals surface area contributed by atoms with Crippen LogP contribution >= 0.6 is 11.6 Å². The Morgan fingerprint density at radius 3 is 2.53 bits per heavy atom. The number of nitrogens with zero attached hydrogens (tertiary/aromatic N) is 1. The monoisotopic (exact) mass is 452 g/mol. The number of carbonyl (C=O) groups excluding carboxylic acids is 1. The molecule has 0 heterocycles. The van der Waals surface area contributed by atoms with E-state index in [1.165, 1.54) is 9.87 Å². The van der Waals surface area contributed by atoms with Gasteiger partial charge in [-0.05, 0) is 68.1 Å². The van der Waals surface area contributed by atoms with Crippen LogP contribution in [0.25, 0.3) is 0 Å². The molecule has 0 saturated carbocycles. The normalized spacial score (nSPS) is 11.2. The summed E-state index contributed by atoms with van der Waals surface area (Å²) in [6.07, 6.45) is 1.76. The summed E-state index contributed by atoms with van der Waals surface area (Å²) in [5, 5.41) is 3.30. The second kappa shape index (κ2) is 10.7. The van der Waals surface area contributed by atoms with Crippen molar-refractivity contribution in [2.24, 2.45) is 0 Å². The van der Waals surface area contributed by atoms with Crippen LogP contribution in [-0.2, 0) is 14.8 Å². The Bertz CT molecular complexity index is 993. The number of amides is 1. The number of anilines is 1. The second-order valence-electron chi connectivity index (χ2n) is 7.27. The lowest BCUT2D eigenvalue weighted by molar-refractivity contribution is -0.121. The maximum atomic E-state index is 12.2. The van der Waals surface area contributed by atoms with Crippen molar-refractivity contribution >= 4 is 33.2 Å². The maximum Gasteiger partial charge on any atom is 0.232 e. The van der Waals surface area contributed by atoms with E-state index in [4.69, 9.17) is 16.3 Å². The lowest BCUT2D eigenvalue weighted by Gasteiger charge is -2.24. The van der Waals surface area contributed by atoms with Crippen LogP contribution in [0.2, 0.25) is 5.02 Å². The smallest absolute Gasteiger partial charge is 0.232 e. The number of ether oxygens (including phenoxy) is 1. The maximum absolute atomic E-state index is 12.2. The van der Waals surface area contributed by atoms with Gasteiger partial charge in [-0.25, -0.2) is 8.42 Å². The Labute approximate surface area is 184 Å². The van der Waals surface area contributed by atoms with Gasteiger partial charge >= 0.3 is 0 Å². The molecule has 0 aromatic heterocycles. The predicted octanol–water partition coefficient (Wildman–Crippen LogP) is 4.01. The van der Waals surface area contributed by atoms with Gasteiger partial charge in [0, 0.05) is 18.0 Å². The van der Waals surface area contributed by atoms with Gasteiger partial charge in [0.05, 0.1) is 18.5 Å². The molecule has 1 N–H and O–H groups in total. The number of hydrogen-bond donors (Lipinski definition) is 1. The first-order chi connectivity index (χ1) is 14.1. The van der Waals surface area contributed by atoms with Gasteiger partial charge in [0.1, 0.15) is 12.4 Å². The summed E-state index contributed by atoms with van der Waals surface area (Å²) in [5.74, 6) is 0.628. The molecule has 8 heteroatoms. The molecule has 0 unspecified atom stereocenters. The van der Waals surface area contributed by atoms with Crippen LogP contribution in [0.15, 0.2) is 36.4 Å². The average molecular weight is 453 g/mol. The largest absolute Gasteiger partial charge is 0.492 e. The summed E-state index contributed by atoms with van der Waals surface area (Å²) in [5.41, 5.74) is 3.58. The third-order valence-corrected chi connectivity index (χ3v) is 6.43. The molecule has 0 saturated heterocycles. The first-order valence-corrected chi connectivity index (χ1v) is 12.0. The molecule has 0 aliphatic rings. The van der Waals surface area contributed by atoms with E-state index in [-0.39, 0.29) is 18.9 Å². The molecule has 0 aliphatic carbocycles. The number of rotatable bonds is 10. The lowest BCUT2D eigenvalue weighted by atomic mass is 10.1. The number of nitrogens with one attached hydrogen (secondary N) is 1. The molecular formula is C22H29ClN2O4S. The van der Waals surface area contributed by atoms with E-state index in [0.29, 0.717) is 35.8 Å². The number of halogens is 1. The Balaban J connectivity index is 1.80. The highest BCUT2D eigenvalue weighted by atomic mass is 35.5. The van der Waals surface area contributed by atoms with Crippen molar-refractivity contribution in [3.8, 4) is 5.75 Å². The molecule has 1 amide bonds. The van der Waals surface area contributed by atoms with Gasteiger partial charge in [-0.2, -0.15) is 0 Å². The highest BCUT2D eigenvalue weighted by Gasteiger charge is 2.20. The van der Waals surface area contributed by atoms with E-state index in [9.17, 15) is 13.2 Å². The molecule has 2 aromatic carbocycles. The molecule has 30 heavy (non-hydrogen) atoms. The standard InChI is InChI=1S/C22H29ClN2O4S/c1-16-10-11-19(15-17(16)2)29-14-12-24-22(26)9-6-13-25(30(4,27)28)21-8-5-7-20(23)18(21)3/h5,7-8,10-11,15H,6,9,12-14H2,1-4H3,(H,24,26). The van der Waals surface area contributed by atoms with Crippen molar-refractivity contribution in [3.63, 3.8) is 0 Å². The molecule has 164 valence electrons. The van der Waals surface area contributed by atoms with Gasteiger partial charge in [-0.15, -0.1) is 0 Å². The molecule has 0 fully saturated rings. The Kier molecular flexibility index (Phi) is 8.55. The molecule has 2 rings (SSSR count). The van der Waals surface area contributed by atoms with Gasteiger partial charge in [0.25, 0.3) is 0 Å². The van der Waals surface area contributed by atoms with Crippen LogP contribution in [-0.4, -0.2) is 40.3 Å². The summed E-state index contributed by atoms with van der Waals surface area (Å²) in [6.45, 7) is 6.79. The van der Waals surface area contributed by atoms with Crippen molar-refractivity contribution in [2.75, 3.05) is 30.3 Å². The molecule has 6 nitrogen and oxygen atoms in total. The van der Waals surface area contributed by atoms with Crippen LogP contribution in [0.5, 0.6) is 5.75 Å². The van der Waals surface area contributed by atoms with Gasteiger partial charge in [0.15, 0.2) is 0 Å². The highest BCUT2D eigenvalue weighted by Crippen LogP contribution is 2.28. The third kappa shape index (κ3) is 6.92. The number of carbonyl (C=O) groups is 1. The quantitative estimate of drug-likeness (QED) is 0.552.